The first-order chi connectivity index (χ1) is 11.9. The molecule has 0 unspecified atom stereocenters. The number of carboxylic acid groups (broad SMARTS) is 1. The number of halogens is 2. The fourth-order valence-corrected chi connectivity index (χ4v) is 2.69. The Hall–Kier alpha value is -3.53. The summed E-state index contributed by atoms with van der Waals surface area (Å²) in [6.07, 6.45) is 0. The van der Waals surface area contributed by atoms with E-state index in [1.165, 1.54) is 41.3 Å². The molecule has 3 rings (SSSR count). The molecule has 5 nitrogen and oxygen atoms in total. The van der Waals surface area contributed by atoms with Crippen molar-refractivity contribution < 1.29 is 23.5 Å². The zero-order valence-electron chi connectivity index (χ0n) is 12.7. The van der Waals surface area contributed by atoms with Crippen LogP contribution in [0.2, 0.25) is 0 Å². The van der Waals surface area contributed by atoms with Gasteiger partial charge in [-0.05, 0) is 35.9 Å². The molecule has 0 atom stereocenters. The summed E-state index contributed by atoms with van der Waals surface area (Å²) in [6.45, 7) is 0.0274. The minimum atomic E-state index is -1.57. The molecular weight excluding hydrogens is 330 g/mol. The Labute approximate surface area is 141 Å². The second-order valence-corrected chi connectivity index (χ2v) is 5.35. The Bertz CT molecular complexity index is 959. The number of rotatable bonds is 3. The topological polar surface area (TPSA) is 81.4 Å². The first-order valence-electron chi connectivity index (χ1n) is 7.16. The van der Waals surface area contributed by atoms with Crippen LogP contribution in [0.1, 0.15) is 11.1 Å². The van der Waals surface area contributed by atoms with Gasteiger partial charge in [0.2, 0.25) is 0 Å². The predicted molar refractivity (Wildman–Crippen MR) is 84.2 cm³/mol. The molecule has 0 aromatic heterocycles. The molecule has 0 saturated heterocycles. The van der Waals surface area contributed by atoms with E-state index >= 15 is 0 Å². The minimum absolute atomic E-state index is 0.0274. The zero-order chi connectivity index (χ0) is 18.1. The maximum absolute atomic E-state index is 13.6. The van der Waals surface area contributed by atoms with Gasteiger partial charge >= 0.3 is 5.97 Å². The van der Waals surface area contributed by atoms with Crippen molar-refractivity contribution in [1.29, 1.82) is 5.26 Å². The third kappa shape index (κ3) is 2.85. The van der Waals surface area contributed by atoms with Gasteiger partial charge < -0.3 is 10.0 Å². The summed E-state index contributed by atoms with van der Waals surface area (Å²) >= 11 is 0. The van der Waals surface area contributed by atoms with Gasteiger partial charge in [0.25, 0.3) is 5.91 Å². The molecule has 1 amide bonds. The van der Waals surface area contributed by atoms with Crippen molar-refractivity contribution >= 4 is 23.1 Å². The van der Waals surface area contributed by atoms with E-state index in [4.69, 9.17) is 10.4 Å². The number of fused-ring (bicyclic) bond motifs is 1. The molecule has 124 valence electrons. The molecule has 2 aromatic carbocycles. The molecule has 1 aliphatic rings. The van der Waals surface area contributed by atoms with Gasteiger partial charge in [-0.3, -0.25) is 4.79 Å². The summed E-state index contributed by atoms with van der Waals surface area (Å²) in [5.74, 6) is -3.37. The number of hydrogen-bond donors (Lipinski definition) is 1. The summed E-state index contributed by atoms with van der Waals surface area (Å²) in [5.41, 5.74) is -0.170. The molecular formula is C18H10F2N2O3. The maximum atomic E-state index is 13.6. The number of carboxylic acids is 1. The van der Waals surface area contributed by atoms with Gasteiger partial charge in [0.1, 0.15) is 17.7 Å². The van der Waals surface area contributed by atoms with Gasteiger partial charge in [0.05, 0.1) is 17.8 Å². The Morgan fingerprint density at radius 3 is 2.36 bits per heavy atom. The quantitative estimate of drug-likeness (QED) is 0.688. The number of benzene rings is 2. The monoisotopic (exact) mass is 340 g/mol. The van der Waals surface area contributed by atoms with Crippen LogP contribution in [0.25, 0.3) is 5.57 Å². The van der Waals surface area contributed by atoms with Crippen LogP contribution >= 0.6 is 0 Å². The number of nitriles is 1. The van der Waals surface area contributed by atoms with E-state index in [9.17, 15) is 18.4 Å². The molecule has 2 aromatic rings. The second-order valence-electron chi connectivity index (χ2n) is 5.35. The Morgan fingerprint density at radius 1 is 1.12 bits per heavy atom. The van der Waals surface area contributed by atoms with Crippen LogP contribution in [-0.4, -0.2) is 17.0 Å². The zero-order valence-corrected chi connectivity index (χ0v) is 12.7. The lowest BCUT2D eigenvalue weighted by Crippen LogP contribution is -2.26. The van der Waals surface area contributed by atoms with Crippen LogP contribution < -0.4 is 4.90 Å². The summed E-state index contributed by atoms with van der Waals surface area (Å²) in [5, 5.41) is 18.2. The van der Waals surface area contributed by atoms with E-state index in [1.807, 2.05) is 0 Å². The first kappa shape index (κ1) is 16.3. The Kier molecular flexibility index (Phi) is 4.03. The average molecular weight is 340 g/mol. The lowest BCUT2D eigenvalue weighted by atomic mass is 10.0. The van der Waals surface area contributed by atoms with Gasteiger partial charge in [-0.1, -0.05) is 12.1 Å². The number of carbonyl (C=O) groups is 2. The molecule has 0 bridgehead atoms. The number of amides is 1. The van der Waals surface area contributed by atoms with Crippen LogP contribution in [-0.2, 0) is 16.1 Å². The fourth-order valence-electron chi connectivity index (χ4n) is 2.69. The smallest absolute Gasteiger partial charge is 0.347 e. The van der Waals surface area contributed by atoms with Crippen LogP contribution in [0.4, 0.5) is 14.5 Å². The SMILES string of the molecule is N#C/C(C(=O)O)=C1\C(=O)N(Cc2ccc(F)cc2)c2ccc(F)cc21. The van der Waals surface area contributed by atoms with Crippen molar-refractivity contribution in [1.82, 2.24) is 0 Å². The lowest BCUT2D eigenvalue weighted by molar-refractivity contribution is -0.132. The number of nitrogens with zero attached hydrogens (tertiary/aromatic N) is 2. The summed E-state index contributed by atoms with van der Waals surface area (Å²) in [4.78, 5) is 25.2. The predicted octanol–water partition coefficient (Wildman–Crippen LogP) is 2.87. The molecule has 25 heavy (non-hydrogen) atoms. The summed E-state index contributed by atoms with van der Waals surface area (Å²) in [7, 11) is 0. The third-order valence-electron chi connectivity index (χ3n) is 3.81. The molecule has 1 aliphatic heterocycles. The molecule has 0 aliphatic carbocycles. The average Bonchev–Trinajstić information content (AvgIpc) is 2.83. The highest BCUT2D eigenvalue weighted by Gasteiger charge is 2.36. The van der Waals surface area contributed by atoms with E-state index in [0.717, 1.165) is 12.1 Å². The second kappa shape index (κ2) is 6.17. The maximum Gasteiger partial charge on any atom is 0.347 e. The van der Waals surface area contributed by atoms with Gasteiger partial charge in [0, 0.05) is 5.56 Å². The number of aliphatic carboxylic acids is 1. The molecule has 0 saturated carbocycles. The molecule has 0 fully saturated rings. The normalized spacial score (nSPS) is 14.9. The van der Waals surface area contributed by atoms with Gasteiger partial charge in [0.15, 0.2) is 5.57 Å². The standard InChI is InChI=1S/C18H10F2N2O3/c19-11-3-1-10(2-4-11)9-22-15-6-5-12(20)7-13(15)16(17(22)23)14(8-21)18(24)25/h1-7H,9H2,(H,24,25)/b16-14+. The van der Waals surface area contributed by atoms with Gasteiger partial charge in [-0.2, -0.15) is 5.26 Å². The van der Waals surface area contributed by atoms with Crippen molar-refractivity contribution in [3.05, 3.63) is 70.8 Å². The van der Waals surface area contributed by atoms with Crippen molar-refractivity contribution in [2.24, 2.45) is 0 Å². The Balaban J connectivity index is 2.14. The van der Waals surface area contributed by atoms with Crippen LogP contribution in [0.15, 0.2) is 48.0 Å². The van der Waals surface area contributed by atoms with Crippen molar-refractivity contribution in [2.45, 2.75) is 6.54 Å². The van der Waals surface area contributed by atoms with Gasteiger partial charge in [-0.25, -0.2) is 13.6 Å². The van der Waals surface area contributed by atoms with Crippen LogP contribution in [0.5, 0.6) is 0 Å². The number of anilines is 1. The van der Waals surface area contributed by atoms with E-state index in [-0.39, 0.29) is 17.7 Å². The lowest BCUT2D eigenvalue weighted by Gasteiger charge is -2.17. The molecule has 0 radical (unpaired) electrons. The molecule has 0 spiro atoms. The van der Waals surface area contributed by atoms with E-state index < -0.39 is 29.1 Å². The minimum Gasteiger partial charge on any atom is -0.477 e. The molecule has 1 N–H and O–H groups in total. The summed E-state index contributed by atoms with van der Waals surface area (Å²) in [6, 6.07) is 10.4. The van der Waals surface area contributed by atoms with Crippen molar-refractivity contribution in [3.63, 3.8) is 0 Å². The Morgan fingerprint density at radius 2 is 1.76 bits per heavy atom. The van der Waals surface area contributed by atoms with E-state index in [1.54, 1.807) is 0 Å². The fraction of sp³-hybridized carbons (Fsp3) is 0.0556. The number of carbonyl (C=O) groups excluding carboxylic acids is 1. The highest BCUT2D eigenvalue weighted by molar-refractivity contribution is 6.36. The van der Waals surface area contributed by atoms with Crippen molar-refractivity contribution in [3.8, 4) is 6.07 Å². The highest BCUT2D eigenvalue weighted by Crippen LogP contribution is 2.39. The number of hydrogen-bond acceptors (Lipinski definition) is 3. The molecule has 7 heteroatoms. The van der Waals surface area contributed by atoms with Gasteiger partial charge in [-0.15, -0.1) is 0 Å². The van der Waals surface area contributed by atoms with Crippen LogP contribution in [0.3, 0.4) is 0 Å². The third-order valence-corrected chi connectivity index (χ3v) is 3.81. The molecule has 1 heterocycles. The van der Waals surface area contributed by atoms with E-state index in [0.29, 0.717) is 11.3 Å². The highest BCUT2D eigenvalue weighted by atomic mass is 19.1. The van der Waals surface area contributed by atoms with E-state index in [2.05, 4.69) is 0 Å². The summed E-state index contributed by atoms with van der Waals surface area (Å²) < 4.78 is 26.6. The van der Waals surface area contributed by atoms with Crippen molar-refractivity contribution in [2.75, 3.05) is 4.90 Å². The largest absolute Gasteiger partial charge is 0.477 e. The first-order valence-corrected chi connectivity index (χ1v) is 7.16. The van der Waals surface area contributed by atoms with Crippen LogP contribution in [0, 0.1) is 23.0 Å².